The van der Waals surface area contributed by atoms with Gasteiger partial charge >= 0.3 is 5.97 Å². The molecule has 2 N–H and O–H groups in total. The average molecular weight is 374 g/mol. The second-order valence-corrected chi connectivity index (χ2v) is 7.77. The zero-order valence-corrected chi connectivity index (χ0v) is 15.1. The smallest absolute Gasteiger partial charge is 0.337 e. The van der Waals surface area contributed by atoms with Crippen LogP contribution in [0.3, 0.4) is 0 Å². The van der Waals surface area contributed by atoms with E-state index in [1.807, 2.05) is 0 Å². The van der Waals surface area contributed by atoms with Crippen LogP contribution in [0.25, 0.3) is 10.2 Å². The van der Waals surface area contributed by atoms with Crippen LogP contribution < -0.4 is 5.32 Å². The molecular weight excluding hydrogens is 358 g/mol. The van der Waals surface area contributed by atoms with Crippen LogP contribution in [-0.2, 0) is 12.8 Å². The maximum atomic E-state index is 11.5. The van der Waals surface area contributed by atoms with Gasteiger partial charge in [0.25, 0.3) is 0 Å². The molecule has 25 heavy (non-hydrogen) atoms. The number of para-hydroxylation sites is 1. The Morgan fingerprint density at radius 1 is 1.36 bits per heavy atom. The molecule has 5 nitrogen and oxygen atoms in total. The molecule has 7 heteroatoms. The minimum atomic E-state index is -0.985. The molecule has 1 aromatic carbocycles. The third-order valence-electron chi connectivity index (χ3n) is 4.54. The van der Waals surface area contributed by atoms with Gasteiger partial charge in [-0.15, -0.1) is 11.3 Å². The summed E-state index contributed by atoms with van der Waals surface area (Å²) in [6.07, 6.45) is 3.16. The van der Waals surface area contributed by atoms with E-state index in [0.29, 0.717) is 17.4 Å². The number of benzene rings is 1. The molecule has 0 bridgehead atoms. The summed E-state index contributed by atoms with van der Waals surface area (Å²) in [7, 11) is 0. The summed E-state index contributed by atoms with van der Waals surface area (Å²) in [5, 5.41) is 13.7. The Kier molecular flexibility index (Phi) is 4.09. The molecule has 0 saturated heterocycles. The first-order chi connectivity index (χ1) is 12.0. The largest absolute Gasteiger partial charge is 0.478 e. The van der Waals surface area contributed by atoms with Crippen molar-refractivity contribution in [2.24, 2.45) is 5.92 Å². The number of carboxylic acid groups (broad SMARTS) is 1. The Morgan fingerprint density at radius 2 is 2.16 bits per heavy atom. The fourth-order valence-electron chi connectivity index (χ4n) is 3.31. The van der Waals surface area contributed by atoms with Crippen molar-refractivity contribution in [3.63, 3.8) is 0 Å². The number of fused-ring (bicyclic) bond motifs is 3. The molecule has 2 heterocycles. The van der Waals surface area contributed by atoms with Gasteiger partial charge in [0.15, 0.2) is 0 Å². The minimum Gasteiger partial charge on any atom is -0.478 e. The Bertz CT molecular complexity index is 986. The van der Waals surface area contributed by atoms with E-state index >= 15 is 0 Å². The number of carboxylic acids is 1. The number of carbonyl (C=O) groups is 1. The zero-order valence-electron chi connectivity index (χ0n) is 13.5. The third kappa shape index (κ3) is 2.96. The molecule has 0 aliphatic heterocycles. The second kappa shape index (κ2) is 6.28. The molecule has 0 amide bonds. The molecule has 4 rings (SSSR count). The molecule has 1 atom stereocenters. The number of hydrogen-bond acceptors (Lipinski definition) is 5. The van der Waals surface area contributed by atoms with Gasteiger partial charge in [-0.05, 0) is 54.5 Å². The Morgan fingerprint density at radius 3 is 2.96 bits per heavy atom. The lowest BCUT2D eigenvalue weighted by Crippen LogP contribution is -2.09. The van der Waals surface area contributed by atoms with Crippen molar-refractivity contribution in [2.75, 3.05) is 5.32 Å². The molecule has 3 aromatic rings. The first-order valence-corrected chi connectivity index (χ1v) is 9.29. The topological polar surface area (TPSA) is 75.1 Å². The first kappa shape index (κ1) is 16.3. The van der Waals surface area contributed by atoms with E-state index in [1.165, 1.54) is 10.4 Å². The van der Waals surface area contributed by atoms with Crippen molar-refractivity contribution in [3.8, 4) is 0 Å². The Balaban J connectivity index is 1.86. The monoisotopic (exact) mass is 373 g/mol. The van der Waals surface area contributed by atoms with Crippen molar-refractivity contribution >= 4 is 50.6 Å². The summed E-state index contributed by atoms with van der Waals surface area (Å²) >= 11 is 7.77. The van der Waals surface area contributed by atoms with Gasteiger partial charge < -0.3 is 10.4 Å². The number of aryl methyl sites for hydroxylation is 1. The molecule has 2 aromatic heterocycles. The van der Waals surface area contributed by atoms with Crippen LogP contribution in [0, 0.1) is 5.92 Å². The van der Waals surface area contributed by atoms with E-state index in [4.69, 9.17) is 11.6 Å². The standard InChI is InChI=1S/C18H16ClN3O2S/c1-9-6-7-11-13(8-9)25-16-14(11)15(21-18(19)22-16)20-12-5-3-2-4-10(12)17(23)24/h2-5,9H,6-8H2,1H3,(H,23,24)(H,20,21,22). The number of aromatic nitrogens is 2. The van der Waals surface area contributed by atoms with Crippen molar-refractivity contribution in [1.29, 1.82) is 0 Å². The van der Waals surface area contributed by atoms with Crippen molar-refractivity contribution in [1.82, 2.24) is 9.97 Å². The number of rotatable bonds is 3. The summed E-state index contributed by atoms with van der Waals surface area (Å²) in [6, 6.07) is 6.78. The van der Waals surface area contributed by atoms with Crippen LogP contribution >= 0.6 is 22.9 Å². The van der Waals surface area contributed by atoms with Crippen LogP contribution in [0.15, 0.2) is 24.3 Å². The normalized spacial score (nSPS) is 16.6. The van der Waals surface area contributed by atoms with Crippen LogP contribution in [0.2, 0.25) is 5.28 Å². The Hall–Kier alpha value is -2.18. The van der Waals surface area contributed by atoms with E-state index in [1.54, 1.807) is 35.6 Å². The molecule has 0 spiro atoms. The summed E-state index contributed by atoms with van der Waals surface area (Å²) < 4.78 is 0. The highest BCUT2D eigenvalue weighted by Gasteiger charge is 2.24. The Labute approximate surface area is 153 Å². The maximum absolute atomic E-state index is 11.5. The molecule has 1 aliphatic rings. The molecular formula is C18H16ClN3O2S. The number of hydrogen-bond donors (Lipinski definition) is 2. The summed E-state index contributed by atoms with van der Waals surface area (Å²) in [5.74, 6) is 0.254. The summed E-state index contributed by atoms with van der Waals surface area (Å²) in [4.78, 5) is 22.4. The van der Waals surface area contributed by atoms with Gasteiger partial charge in [0.1, 0.15) is 10.6 Å². The number of nitrogens with zero attached hydrogens (tertiary/aromatic N) is 2. The van der Waals surface area contributed by atoms with Crippen LogP contribution in [0.1, 0.15) is 34.1 Å². The molecule has 0 saturated carbocycles. The second-order valence-electron chi connectivity index (χ2n) is 6.35. The number of thiophene rings is 1. The third-order valence-corrected chi connectivity index (χ3v) is 5.86. The van der Waals surface area contributed by atoms with Gasteiger partial charge in [0.05, 0.1) is 16.6 Å². The zero-order chi connectivity index (χ0) is 17.6. The molecule has 1 aliphatic carbocycles. The number of nitrogens with one attached hydrogen (secondary N) is 1. The first-order valence-electron chi connectivity index (χ1n) is 8.10. The van der Waals surface area contributed by atoms with Crippen molar-refractivity contribution in [3.05, 3.63) is 45.6 Å². The predicted octanol–water partition coefficient (Wildman–Crippen LogP) is 4.91. The van der Waals surface area contributed by atoms with E-state index in [-0.39, 0.29) is 10.8 Å². The lowest BCUT2D eigenvalue weighted by atomic mass is 9.89. The van der Waals surface area contributed by atoms with Crippen LogP contribution in [0.4, 0.5) is 11.5 Å². The molecule has 128 valence electrons. The predicted molar refractivity (Wildman–Crippen MR) is 100 cm³/mol. The van der Waals surface area contributed by atoms with E-state index in [9.17, 15) is 9.90 Å². The minimum absolute atomic E-state index is 0.162. The van der Waals surface area contributed by atoms with Gasteiger partial charge in [0, 0.05) is 4.88 Å². The number of halogens is 1. The highest BCUT2D eigenvalue weighted by atomic mass is 35.5. The molecule has 0 fully saturated rings. The van der Waals surface area contributed by atoms with Crippen LogP contribution in [0.5, 0.6) is 0 Å². The van der Waals surface area contributed by atoms with E-state index < -0.39 is 5.97 Å². The van der Waals surface area contributed by atoms with E-state index in [2.05, 4.69) is 22.2 Å². The maximum Gasteiger partial charge on any atom is 0.337 e. The fraction of sp³-hybridized carbons (Fsp3) is 0.278. The van der Waals surface area contributed by atoms with E-state index in [0.717, 1.165) is 29.5 Å². The van der Waals surface area contributed by atoms with Gasteiger partial charge in [-0.3, -0.25) is 0 Å². The lowest BCUT2D eigenvalue weighted by molar-refractivity contribution is 0.0698. The molecule has 0 radical (unpaired) electrons. The quantitative estimate of drug-likeness (QED) is 0.638. The number of anilines is 2. The van der Waals surface area contributed by atoms with Crippen molar-refractivity contribution < 1.29 is 9.90 Å². The van der Waals surface area contributed by atoms with Crippen molar-refractivity contribution in [2.45, 2.75) is 26.2 Å². The van der Waals surface area contributed by atoms with Gasteiger partial charge in [-0.2, -0.15) is 4.98 Å². The number of aromatic carboxylic acids is 1. The SMILES string of the molecule is CC1CCc2c(sc3nc(Cl)nc(Nc4ccccc4C(=O)O)c23)C1. The average Bonchev–Trinajstić information content (AvgIpc) is 2.92. The highest BCUT2D eigenvalue weighted by molar-refractivity contribution is 7.19. The highest BCUT2D eigenvalue weighted by Crippen LogP contribution is 2.41. The summed E-state index contributed by atoms with van der Waals surface area (Å²) in [6.45, 7) is 2.26. The molecule has 1 unspecified atom stereocenters. The van der Waals surface area contributed by atoms with Gasteiger partial charge in [0.2, 0.25) is 5.28 Å². The fourth-order valence-corrected chi connectivity index (χ4v) is 4.91. The van der Waals surface area contributed by atoms with Crippen LogP contribution in [-0.4, -0.2) is 21.0 Å². The summed E-state index contributed by atoms with van der Waals surface area (Å²) in [5.41, 5.74) is 1.96. The van der Waals surface area contributed by atoms with Gasteiger partial charge in [-0.25, -0.2) is 9.78 Å². The lowest BCUT2D eigenvalue weighted by Gasteiger charge is -2.18. The van der Waals surface area contributed by atoms with Gasteiger partial charge in [-0.1, -0.05) is 19.1 Å².